The van der Waals surface area contributed by atoms with Crippen molar-refractivity contribution in [2.24, 2.45) is 41.4 Å². The van der Waals surface area contributed by atoms with Crippen molar-refractivity contribution < 1.29 is 58.6 Å². The molecule has 10 N–H and O–H groups in total. The summed E-state index contributed by atoms with van der Waals surface area (Å²) < 4.78 is 10.6. The van der Waals surface area contributed by atoms with Crippen LogP contribution in [0.2, 0.25) is 0 Å². The van der Waals surface area contributed by atoms with Crippen molar-refractivity contribution in [3.05, 3.63) is 71.8 Å². The number of hydrogen-bond acceptors (Lipinski definition) is 12. The molecular weight excluding hydrogens is 896 g/mol. The Balaban J connectivity index is 0.000000700. The number of aliphatic hydroxyl groups excluding tert-OH is 1. The van der Waals surface area contributed by atoms with Crippen molar-refractivity contribution in [2.45, 2.75) is 177 Å². The standard InChI is InChI=1S/C26H45BN2O6.C25H42BN3O6/c1-17(2)12-21(25(31)29-24(27(33)34)14-19(5)6)15-23(30)22(13-18(3)4)28-26(32)35-16-20-10-8-7-9-11-20;1-16(2)12-20(24(31)29-22(26(33)34)14-18(5)6)27-23(30)21(13-17(3)4)28-25(32)35-15-19-10-8-7-9-11-19/h7-11,17-19,21-24,30,33-34H,12-16H2,1-6H3,(H,28,32)(H,29,31);7-11,16-18,20-22,33-34H,12-15H2,1-6H3,(H,27,30)(H,28,32)(H,29,31)/t21-,22+,23?,24+;20-,21-,22-/m10/s1. The average Bonchev–Trinajstić information content (AvgIpc) is 3.26. The number of nitrogens with one attached hydrogen (secondary N) is 5. The number of benzene rings is 2. The molecule has 0 heterocycles. The Morgan fingerprint density at radius 1 is 0.443 bits per heavy atom. The lowest BCUT2D eigenvalue weighted by Crippen LogP contribution is -2.57. The third-order valence-electron chi connectivity index (χ3n) is 11.1. The summed E-state index contributed by atoms with van der Waals surface area (Å²) in [5.74, 6) is -2.66. The quantitative estimate of drug-likeness (QED) is 0.0441. The van der Waals surface area contributed by atoms with Crippen LogP contribution in [-0.2, 0) is 37.1 Å². The minimum Gasteiger partial charge on any atom is -0.445 e. The maximum absolute atomic E-state index is 13.1. The molecule has 2 aromatic carbocycles. The lowest BCUT2D eigenvalue weighted by atomic mass is 9.74. The van der Waals surface area contributed by atoms with Crippen LogP contribution < -0.4 is 26.6 Å². The predicted molar refractivity (Wildman–Crippen MR) is 274 cm³/mol. The zero-order chi connectivity index (χ0) is 53.1. The summed E-state index contributed by atoms with van der Waals surface area (Å²) in [4.78, 5) is 64.0. The normalized spacial score (nSPS) is 14.4. The molecule has 0 bridgehead atoms. The third kappa shape index (κ3) is 28.2. The molecule has 2 rings (SSSR count). The number of hydrogen-bond donors (Lipinski definition) is 10. The first-order chi connectivity index (χ1) is 32.8. The fraction of sp³-hybridized carbons (Fsp3) is 0.667. The zero-order valence-electron chi connectivity index (χ0n) is 43.9. The van der Waals surface area contributed by atoms with Crippen molar-refractivity contribution in [3.8, 4) is 0 Å². The van der Waals surface area contributed by atoms with Gasteiger partial charge in [0.15, 0.2) is 0 Å². The van der Waals surface area contributed by atoms with E-state index in [9.17, 15) is 49.2 Å². The SMILES string of the molecule is CC(C)C[C@H](CC(O)[C@H](CC(C)C)NC(=O)OCc1ccccc1)C(=O)N[C@@H](CC(C)C)B(O)O.CC(C)C[C@H](NC(=O)[C@H](CC(C)C)NC(=O)[C@H](CC(C)C)NC(=O)OCc1ccccc1)B(O)O. The molecule has 19 heteroatoms. The second-order valence-electron chi connectivity index (χ2n) is 21.0. The summed E-state index contributed by atoms with van der Waals surface area (Å²) in [6, 6.07) is 16.2. The summed E-state index contributed by atoms with van der Waals surface area (Å²) in [5.41, 5.74) is 1.68. The molecule has 5 amide bonds. The Bertz CT molecular complexity index is 1790. The molecule has 0 spiro atoms. The van der Waals surface area contributed by atoms with Crippen LogP contribution in [0.15, 0.2) is 60.7 Å². The van der Waals surface area contributed by atoms with Gasteiger partial charge in [-0.25, -0.2) is 9.59 Å². The Kier molecular flexibility index (Phi) is 30.6. The molecule has 0 aliphatic carbocycles. The van der Waals surface area contributed by atoms with E-state index in [1.807, 2.05) is 144 Å². The Labute approximate surface area is 418 Å². The Hall–Kier alpha value is -4.68. The van der Waals surface area contributed by atoms with Gasteiger partial charge in [-0.3, -0.25) is 14.4 Å². The first-order valence-electron chi connectivity index (χ1n) is 25.0. The molecular formula is C51H87B2N5O12. The van der Waals surface area contributed by atoms with Crippen LogP contribution >= 0.6 is 0 Å². The zero-order valence-corrected chi connectivity index (χ0v) is 43.9. The first-order valence-corrected chi connectivity index (χ1v) is 25.0. The molecule has 7 atom stereocenters. The maximum atomic E-state index is 13.1. The van der Waals surface area contributed by atoms with E-state index in [0.717, 1.165) is 11.1 Å². The monoisotopic (exact) mass is 984 g/mol. The molecule has 1 unspecified atom stereocenters. The molecule has 0 saturated carbocycles. The smallest absolute Gasteiger partial charge is 0.445 e. The molecule has 0 aromatic heterocycles. The molecule has 0 saturated heterocycles. The third-order valence-corrected chi connectivity index (χ3v) is 11.1. The van der Waals surface area contributed by atoms with Crippen LogP contribution in [-0.4, -0.2) is 105 Å². The van der Waals surface area contributed by atoms with E-state index in [1.165, 1.54) is 0 Å². The van der Waals surface area contributed by atoms with E-state index in [4.69, 9.17) is 9.47 Å². The van der Waals surface area contributed by atoms with Gasteiger partial charge in [-0.15, -0.1) is 0 Å². The Morgan fingerprint density at radius 2 is 0.800 bits per heavy atom. The van der Waals surface area contributed by atoms with Crippen LogP contribution in [0.5, 0.6) is 0 Å². The van der Waals surface area contributed by atoms with E-state index in [2.05, 4.69) is 26.6 Å². The van der Waals surface area contributed by atoms with Crippen LogP contribution in [0, 0.1) is 41.4 Å². The number of carbonyl (C=O) groups excluding carboxylic acids is 5. The summed E-state index contributed by atoms with van der Waals surface area (Å²) in [7, 11) is -3.38. The van der Waals surface area contributed by atoms with Gasteiger partial charge in [0.2, 0.25) is 17.7 Å². The van der Waals surface area contributed by atoms with Crippen molar-refractivity contribution in [2.75, 3.05) is 0 Å². The largest absolute Gasteiger partial charge is 0.475 e. The number of aliphatic hydroxyl groups is 1. The van der Waals surface area contributed by atoms with Gasteiger partial charge in [-0.05, 0) is 91.6 Å². The highest BCUT2D eigenvalue weighted by atomic mass is 16.6. The molecule has 394 valence electrons. The summed E-state index contributed by atoms with van der Waals surface area (Å²) in [6.07, 6.45) is 0.350. The van der Waals surface area contributed by atoms with Gasteiger partial charge >= 0.3 is 26.4 Å². The summed E-state index contributed by atoms with van der Waals surface area (Å²) in [5, 5.41) is 63.4. The topological polar surface area (TPSA) is 265 Å². The van der Waals surface area contributed by atoms with Crippen LogP contribution in [0.4, 0.5) is 9.59 Å². The fourth-order valence-electron chi connectivity index (χ4n) is 7.77. The van der Waals surface area contributed by atoms with E-state index in [0.29, 0.717) is 38.5 Å². The minimum absolute atomic E-state index is 0.0712. The first kappa shape index (κ1) is 63.3. The van der Waals surface area contributed by atoms with Crippen molar-refractivity contribution in [3.63, 3.8) is 0 Å². The number of amides is 5. The van der Waals surface area contributed by atoms with E-state index in [1.54, 1.807) is 0 Å². The lowest BCUT2D eigenvalue weighted by Gasteiger charge is -2.30. The molecule has 0 aliphatic rings. The van der Waals surface area contributed by atoms with Crippen molar-refractivity contribution in [1.82, 2.24) is 26.6 Å². The molecule has 0 fully saturated rings. The van der Waals surface area contributed by atoms with E-state index >= 15 is 0 Å². The molecule has 0 radical (unpaired) electrons. The highest BCUT2D eigenvalue weighted by Gasteiger charge is 2.34. The van der Waals surface area contributed by atoms with Gasteiger partial charge in [-0.2, -0.15) is 0 Å². The van der Waals surface area contributed by atoms with Crippen molar-refractivity contribution >= 4 is 44.1 Å². The molecule has 17 nitrogen and oxygen atoms in total. The molecule has 2 aromatic rings. The average molecular weight is 984 g/mol. The van der Waals surface area contributed by atoms with Gasteiger partial charge in [0, 0.05) is 5.92 Å². The van der Waals surface area contributed by atoms with Crippen molar-refractivity contribution in [1.29, 1.82) is 0 Å². The van der Waals surface area contributed by atoms with Gasteiger partial charge in [0.05, 0.1) is 24.0 Å². The maximum Gasteiger partial charge on any atom is 0.475 e. The number of alkyl carbamates (subject to hydrolysis) is 2. The van der Waals surface area contributed by atoms with Gasteiger partial charge in [-0.1, -0.05) is 144 Å². The van der Waals surface area contributed by atoms with Crippen LogP contribution in [0.1, 0.15) is 139 Å². The highest BCUT2D eigenvalue weighted by Crippen LogP contribution is 2.23. The fourth-order valence-corrected chi connectivity index (χ4v) is 7.77. The van der Waals surface area contributed by atoms with Crippen LogP contribution in [0.3, 0.4) is 0 Å². The van der Waals surface area contributed by atoms with E-state index < -0.39 is 80.3 Å². The predicted octanol–water partition coefficient (Wildman–Crippen LogP) is 5.69. The second kappa shape index (κ2) is 33.8. The number of rotatable bonds is 29. The second-order valence-corrected chi connectivity index (χ2v) is 21.0. The minimum atomic E-state index is -1.72. The van der Waals surface area contributed by atoms with Gasteiger partial charge in [0.1, 0.15) is 25.3 Å². The van der Waals surface area contributed by atoms with Gasteiger partial charge < -0.3 is 61.3 Å². The van der Waals surface area contributed by atoms with E-state index in [-0.39, 0.29) is 61.0 Å². The van der Waals surface area contributed by atoms with Gasteiger partial charge in [0.25, 0.3) is 0 Å². The molecule has 0 aliphatic heterocycles. The Morgan fingerprint density at radius 3 is 1.19 bits per heavy atom. The summed E-state index contributed by atoms with van der Waals surface area (Å²) >= 11 is 0. The number of ether oxygens (including phenoxy) is 2. The summed E-state index contributed by atoms with van der Waals surface area (Å²) in [6.45, 7) is 23.6. The van der Waals surface area contributed by atoms with Crippen LogP contribution in [0.25, 0.3) is 0 Å². The lowest BCUT2D eigenvalue weighted by molar-refractivity contribution is -0.130. The molecule has 70 heavy (non-hydrogen) atoms. The highest BCUT2D eigenvalue weighted by molar-refractivity contribution is 6.44. The number of carbonyl (C=O) groups is 5.